The van der Waals surface area contributed by atoms with Gasteiger partial charge in [-0.1, -0.05) is 0 Å². The van der Waals surface area contributed by atoms with Crippen LogP contribution < -0.4 is 16.3 Å². The molecule has 1 aliphatic heterocycles. The second kappa shape index (κ2) is 4.12. The van der Waals surface area contributed by atoms with Crippen molar-refractivity contribution in [3.8, 4) is 0 Å². The first kappa shape index (κ1) is 11.8. The third-order valence-corrected chi connectivity index (χ3v) is 3.50. The number of benzene rings is 1. The molecule has 0 unspecified atom stereocenters. The summed E-state index contributed by atoms with van der Waals surface area (Å²) in [4.78, 5) is 25.4. The molecule has 1 amide bonds. The van der Waals surface area contributed by atoms with Gasteiger partial charge >= 0.3 is 5.63 Å². The van der Waals surface area contributed by atoms with E-state index in [1.807, 2.05) is 13.0 Å². The van der Waals surface area contributed by atoms with Gasteiger partial charge in [-0.3, -0.25) is 4.79 Å². The van der Waals surface area contributed by atoms with Gasteiger partial charge in [0.05, 0.1) is 0 Å². The van der Waals surface area contributed by atoms with Crippen LogP contribution in [0.1, 0.15) is 18.4 Å². The quantitative estimate of drug-likeness (QED) is 0.625. The Morgan fingerprint density at radius 3 is 2.79 bits per heavy atom. The van der Waals surface area contributed by atoms with E-state index in [2.05, 4.69) is 0 Å². The molecule has 5 nitrogen and oxygen atoms in total. The summed E-state index contributed by atoms with van der Waals surface area (Å²) in [5.41, 5.74) is 7.32. The number of fused-ring (bicyclic) bond motifs is 1. The molecule has 1 aromatic carbocycles. The SMILES string of the molecule is Cc1c(N2CCCC2=O)c(=O)oc2cc(N)ccc12. The molecule has 0 spiro atoms. The predicted octanol–water partition coefficient (Wildman–Crippen LogP) is 1.81. The molecule has 1 saturated heterocycles. The van der Waals surface area contributed by atoms with Gasteiger partial charge in [0.25, 0.3) is 0 Å². The number of anilines is 2. The summed E-state index contributed by atoms with van der Waals surface area (Å²) in [6, 6.07) is 5.19. The smallest absolute Gasteiger partial charge is 0.360 e. The molecule has 0 aliphatic carbocycles. The Balaban J connectivity index is 2.28. The molecule has 2 aromatic rings. The highest BCUT2D eigenvalue weighted by molar-refractivity contribution is 5.98. The highest BCUT2D eigenvalue weighted by Gasteiger charge is 2.27. The standard InChI is InChI=1S/C14H14N2O3/c1-8-10-5-4-9(15)7-11(10)19-14(18)13(8)16-6-2-3-12(16)17/h4-5,7H,2-3,6,15H2,1H3. The van der Waals surface area contributed by atoms with Crippen LogP contribution >= 0.6 is 0 Å². The largest absolute Gasteiger partial charge is 0.421 e. The van der Waals surface area contributed by atoms with Gasteiger partial charge in [-0.05, 0) is 31.0 Å². The summed E-state index contributed by atoms with van der Waals surface area (Å²) in [5, 5.41) is 0.809. The van der Waals surface area contributed by atoms with E-state index in [4.69, 9.17) is 10.2 Å². The molecule has 5 heteroatoms. The number of carbonyl (C=O) groups excluding carboxylic acids is 1. The Morgan fingerprint density at radius 1 is 1.32 bits per heavy atom. The van der Waals surface area contributed by atoms with E-state index in [0.29, 0.717) is 29.9 Å². The number of rotatable bonds is 1. The third-order valence-electron chi connectivity index (χ3n) is 3.50. The number of hydrogen-bond acceptors (Lipinski definition) is 4. The molecule has 19 heavy (non-hydrogen) atoms. The van der Waals surface area contributed by atoms with E-state index in [1.54, 1.807) is 12.1 Å². The van der Waals surface area contributed by atoms with Crippen LogP contribution in [0, 0.1) is 6.92 Å². The van der Waals surface area contributed by atoms with Crippen molar-refractivity contribution in [2.75, 3.05) is 17.2 Å². The fraction of sp³-hybridized carbons (Fsp3) is 0.286. The topological polar surface area (TPSA) is 76.5 Å². The summed E-state index contributed by atoms with van der Waals surface area (Å²) < 4.78 is 5.29. The number of nitrogen functional groups attached to an aromatic ring is 1. The molecule has 1 aromatic heterocycles. The zero-order valence-electron chi connectivity index (χ0n) is 10.6. The van der Waals surface area contributed by atoms with E-state index in [0.717, 1.165) is 17.4 Å². The highest BCUT2D eigenvalue weighted by atomic mass is 16.4. The van der Waals surface area contributed by atoms with Crippen LogP contribution in [0.3, 0.4) is 0 Å². The zero-order chi connectivity index (χ0) is 13.6. The fourth-order valence-corrected chi connectivity index (χ4v) is 2.56. The fourth-order valence-electron chi connectivity index (χ4n) is 2.56. The van der Waals surface area contributed by atoms with Crippen molar-refractivity contribution in [3.63, 3.8) is 0 Å². The molecule has 0 atom stereocenters. The van der Waals surface area contributed by atoms with Crippen molar-refractivity contribution in [1.29, 1.82) is 0 Å². The van der Waals surface area contributed by atoms with E-state index < -0.39 is 5.63 Å². The number of amides is 1. The van der Waals surface area contributed by atoms with Crippen LogP contribution in [0.5, 0.6) is 0 Å². The lowest BCUT2D eigenvalue weighted by atomic mass is 10.1. The molecule has 0 saturated carbocycles. The van der Waals surface area contributed by atoms with E-state index >= 15 is 0 Å². The maximum absolute atomic E-state index is 12.1. The van der Waals surface area contributed by atoms with Gasteiger partial charge in [0, 0.05) is 30.1 Å². The normalized spacial score (nSPS) is 15.4. The molecule has 0 radical (unpaired) electrons. The molecule has 3 rings (SSSR count). The second-order valence-electron chi connectivity index (χ2n) is 4.77. The minimum absolute atomic E-state index is 0.0230. The molecule has 2 N–H and O–H groups in total. The van der Waals surface area contributed by atoms with Crippen LogP contribution in [0.15, 0.2) is 27.4 Å². The number of carbonyl (C=O) groups is 1. The van der Waals surface area contributed by atoms with Crippen molar-refractivity contribution < 1.29 is 9.21 Å². The Kier molecular flexibility index (Phi) is 2.55. The minimum atomic E-state index is -0.481. The Bertz CT molecular complexity index is 733. The van der Waals surface area contributed by atoms with Crippen LogP contribution in [0.25, 0.3) is 11.0 Å². The van der Waals surface area contributed by atoms with Crippen LogP contribution in [0.2, 0.25) is 0 Å². The molecule has 2 heterocycles. The number of nitrogens with zero attached hydrogens (tertiary/aromatic N) is 1. The lowest BCUT2D eigenvalue weighted by Crippen LogP contribution is -2.29. The summed E-state index contributed by atoms with van der Waals surface area (Å²) in [6.45, 7) is 2.40. The molecule has 1 fully saturated rings. The van der Waals surface area contributed by atoms with Crippen molar-refractivity contribution in [2.24, 2.45) is 0 Å². The van der Waals surface area contributed by atoms with Gasteiger partial charge in [0.1, 0.15) is 11.3 Å². The van der Waals surface area contributed by atoms with Gasteiger partial charge in [-0.15, -0.1) is 0 Å². The molecular formula is C14H14N2O3. The first-order valence-electron chi connectivity index (χ1n) is 6.21. The number of hydrogen-bond donors (Lipinski definition) is 1. The maximum atomic E-state index is 12.1. The lowest BCUT2D eigenvalue weighted by Gasteiger charge is -2.17. The first-order valence-corrected chi connectivity index (χ1v) is 6.21. The van der Waals surface area contributed by atoms with Crippen molar-refractivity contribution in [3.05, 3.63) is 34.2 Å². The van der Waals surface area contributed by atoms with Gasteiger partial charge in [0.15, 0.2) is 0 Å². The lowest BCUT2D eigenvalue weighted by molar-refractivity contribution is -0.117. The summed E-state index contributed by atoms with van der Waals surface area (Å²) >= 11 is 0. The third kappa shape index (κ3) is 1.78. The Morgan fingerprint density at radius 2 is 2.11 bits per heavy atom. The van der Waals surface area contributed by atoms with Crippen molar-refractivity contribution in [2.45, 2.75) is 19.8 Å². The van der Waals surface area contributed by atoms with E-state index in [9.17, 15) is 9.59 Å². The Hall–Kier alpha value is -2.30. The van der Waals surface area contributed by atoms with E-state index in [1.165, 1.54) is 4.90 Å². The number of nitrogens with two attached hydrogens (primary N) is 1. The Labute approximate surface area is 109 Å². The predicted molar refractivity (Wildman–Crippen MR) is 73.2 cm³/mol. The molecule has 98 valence electrons. The summed E-state index contributed by atoms with van der Waals surface area (Å²) in [7, 11) is 0. The summed E-state index contributed by atoms with van der Waals surface area (Å²) in [6.07, 6.45) is 1.26. The van der Waals surface area contributed by atoms with Crippen molar-refractivity contribution in [1.82, 2.24) is 0 Å². The first-order chi connectivity index (χ1) is 9.08. The minimum Gasteiger partial charge on any atom is -0.421 e. The number of aryl methyl sites for hydroxylation is 1. The summed E-state index contributed by atoms with van der Waals surface area (Å²) in [5.74, 6) is -0.0230. The highest BCUT2D eigenvalue weighted by Crippen LogP contribution is 2.28. The van der Waals surface area contributed by atoms with Crippen LogP contribution in [-0.4, -0.2) is 12.5 Å². The van der Waals surface area contributed by atoms with Gasteiger partial charge in [0.2, 0.25) is 5.91 Å². The van der Waals surface area contributed by atoms with Crippen molar-refractivity contribution >= 4 is 28.3 Å². The molecule has 1 aliphatic rings. The zero-order valence-corrected chi connectivity index (χ0v) is 10.6. The van der Waals surface area contributed by atoms with Gasteiger partial charge in [-0.2, -0.15) is 0 Å². The maximum Gasteiger partial charge on any atom is 0.360 e. The average molecular weight is 258 g/mol. The van der Waals surface area contributed by atoms with Gasteiger partial charge < -0.3 is 15.1 Å². The monoisotopic (exact) mass is 258 g/mol. The average Bonchev–Trinajstić information content (AvgIpc) is 2.75. The van der Waals surface area contributed by atoms with Crippen LogP contribution in [0.4, 0.5) is 11.4 Å². The van der Waals surface area contributed by atoms with E-state index in [-0.39, 0.29) is 5.91 Å². The van der Waals surface area contributed by atoms with Gasteiger partial charge in [-0.25, -0.2) is 4.79 Å². The molecule has 0 bridgehead atoms. The molecular weight excluding hydrogens is 244 g/mol. The second-order valence-corrected chi connectivity index (χ2v) is 4.77. The van der Waals surface area contributed by atoms with Crippen LogP contribution in [-0.2, 0) is 4.79 Å².